The van der Waals surface area contributed by atoms with E-state index in [0.29, 0.717) is 35.3 Å². The Morgan fingerprint density at radius 1 is 1.03 bits per heavy atom. The minimum Gasteiger partial charge on any atom is -0.492 e. The van der Waals surface area contributed by atoms with Crippen molar-refractivity contribution in [2.24, 2.45) is 5.92 Å². The van der Waals surface area contributed by atoms with Gasteiger partial charge < -0.3 is 13.1 Å². The second kappa shape index (κ2) is 22.3. The van der Waals surface area contributed by atoms with E-state index in [1.807, 2.05) is 42.0 Å². The van der Waals surface area contributed by atoms with Gasteiger partial charge in [-0.1, -0.05) is 73.6 Å². The van der Waals surface area contributed by atoms with Gasteiger partial charge in [0.15, 0.2) is 12.0 Å². The molecule has 0 heterocycles. The molecular weight excluding hydrogens is 658 g/mol. The molecule has 1 aliphatic rings. The van der Waals surface area contributed by atoms with E-state index in [9.17, 15) is 4.79 Å². The summed E-state index contributed by atoms with van der Waals surface area (Å²) in [5.41, 5.74) is 1.28. The van der Waals surface area contributed by atoms with Crippen molar-refractivity contribution in [2.75, 3.05) is 6.61 Å². The monoisotopic (exact) mass is 698 g/mol. The SMILES string of the molecule is C.CC.CCCCC.Cc1c(OSI)cc(OSI)c(C=O)c1OCC1CCCCC1. The van der Waals surface area contributed by atoms with Gasteiger partial charge >= 0.3 is 0 Å². The highest BCUT2D eigenvalue weighted by Gasteiger charge is 2.21. The van der Waals surface area contributed by atoms with Crippen LogP contribution in [0.2, 0.25) is 0 Å². The van der Waals surface area contributed by atoms with Crippen LogP contribution in [0.1, 0.15) is 102 Å². The molecule has 0 radical (unpaired) electrons. The van der Waals surface area contributed by atoms with E-state index in [2.05, 4.69) is 35.1 Å². The van der Waals surface area contributed by atoms with Crippen LogP contribution < -0.4 is 13.1 Å². The largest absolute Gasteiger partial charge is 0.492 e. The second-order valence-electron chi connectivity index (χ2n) is 6.82. The Labute approximate surface area is 223 Å². The van der Waals surface area contributed by atoms with Crippen molar-refractivity contribution in [1.29, 1.82) is 0 Å². The van der Waals surface area contributed by atoms with Gasteiger partial charge in [0.05, 0.1) is 6.61 Å². The highest BCUT2D eigenvalue weighted by molar-refractivity contribution is 14.2. The minimum atomic E-state index is 0. The number of rotatable bonds is 10. The molecule has 0 spiro atoms. The van der Waals surface area contributed by atoms with Crippen LogP contribution in [-0.4, -0.2) is 12.9 Å². The van der Waals surface area contributed by atoms with Crippen LogP contribution >= 0.6 is 60.8 Å². The van der Waals surface area contributed by atoms with Crippen molar-refractivity contribution in [3.05, 3.63) is 17.2 Å². The van der Waals surface area contributed by atoms with Crippen LogP contribution in [0.5, 0.6) is 17.2 Å². The van der Waals surface area contributed by atoms with E-state index in [1.165, 1.54) is 60.6 Å². The maximum Gasteiger partial charge on any atom is 0.157 e. The zero-order valence-corrected chi connectivity index (χ0v) is 24.7. The second-order valence-corrected chi connectivity index (χ2v) is 9.56. The molecule has 0 amide bonds. The Balaban J connectivity index is 0. The molecule has 0 bridgehead atoms. The Kier molecular flexibility index (Phi) is 24.1. The topological polar surface area (TPSA) is 44.8 Å². The first kappa shape index (κ1) is 33.6. The number of carbonyl (C=O) groups is 1. The molecule has 8 heteroatoms. The molecule has 182 valence electrons. The van der Waals surface area contributed by atoms with Gasteiger partial charge in [-0.3, -0.25) is 4.79 Å². The third kappa shape index (κ3) is 13.1. The number of hydrogen-bond acceptors (Lipinski definition) is 6. The first-order valence-corrected chi connectivity index (χ1v) is 17.4. The van der Waals surface area contributed by atoms with Crippen molar-refractivity contribution < 1.29 is 17.9 Å². The summed E-state index contributed by atoms with van der Waals surface area (Å²) in [6, 6.07) is 1.74. The molecule has 1 aliphatic carbocycles. The van der Waals surface area contributed by atoms with Crippen LogP contribution in [-0.2, 0) is 0 Å². The quantitative estimate of drug-likeness (QED) is 0.138. The van der Waals surface area contributed by atoms with Crippen molar-refractivity contribution in [1.82, 2.24) is 0 Å². The molecule has 1 aromatic rings. The summed E-state index contributed by atoms with van der Waals surface area (Å²) in [7, 11) is 2.39. The van der Waals surface area contributed by atoms with Crippen molar-refractivity contribution in [3.8, 4) is 17.2 Å². The van der Waals surface area contributed by atoms with Gasteiger partial charge in [0.1, 0.15) is 35.5 Å². The normalized spacial score (nSPS) is 12.9. The van der Waals surface area contributed by atoms with Crippen LogP contribution in [0.3, 0.4) is 0 Å². The Bertz CT molecular complexity index is 581. The molecule has 0 saturated heterocycles. The lowest BCUT2D eigenvalue weighted by atomic mass is 9.90. The standard InChI is InChI=1S/C15H18I2O4S2.C5H12.C2H6.CH4/c1-10-13(20-22-16)7-14(21-23-17)12(8-18)15(10)19-9-11-5-3-2-4-6-11;1-3-5-4-2;1-2;/h7-8,11H,2-6,9H2,1H3;3-5H2,1-2H3;1-2H3;1H4. The van der Waals surface area contributed by atoms with E-state index >= 15 is 0 Å². The molecule has 0 aromatic heterocycles. The molecule has 2 rings (SSSR count). The van der Waals surface area contributed by atoms with Gasteiger partial charge in [0.25, 0.3) is 0 Å². The van der Waals surface area contributed by atoms with E-state index in [1.54, 1.807) is 6.07 Å². The fourth-order valence-corrected chi connectivity index (χ4v) is 4.77. The van der Waals surface area contributed by atoms with Crippen LogP contribution in [0, 0.1) is 12.8 Å². The molecular formula is C23H40I2O4S2. The maximum atomic E-state index is 11.6. The fourth-order valence-electron chi connectivity index (χ4n) is 3.16. The number of unbranched alkanes of at least 4 members (excludes halogenated alkanes) is 2. The first-order valence-electron chi connectivity index (χ1n) is 10.8. The lowest BCUT2D eigenvalue weighted by Crippen LogP contribution is -2.16. The highest BCUT2D eigenvalue weighted by atomic mass is 127. The number of carbonyl (C=O) groups excluding carboxylic acids is 1. The summed E-state index contributed by atoms with van der Waals surface area (Å²) in [5.74, 6) is 2.28. The lowest BCUT2D eigenvalue weighted by Gasteiger charge is -2.23. The first-order chi connectivity index (χ1) is 14.6. The third-order valence-electron chi connectivity index (χ3n) is 4.74. The van der Waals surface area contributed by atoms with Gasteiger partial charge in [-0.05, 0) is 25.7 Å². The summed E-state index contributed by atoms with van der Waals surface area (Å²) in [5, 5.41) is 0. The number of halogens is 2. The van der Waals surface area contributed by atoms with Crippen LogP contribution in [0.4, 0.5) is 0 Å². The predicted octanol–water partition coefficient (Wildman–Crippen LogP) is 10.4. The van der Waals surface area contributed by atoms with Gasteiger partial charge in [-0.2, -0.15) is 0 Å². The van der Waals surface area contributed by atoms with Crippen LogP contribution in [0.15, 0.2) is 6.07 Å². The summed E-state index contributed by atoms with van der Waals surface area (Å²) in [6.07, 6.45) is 11.1. The van der Waals surface area contributed by atoms with E-state index in [0.717, 1.165) is 21.1 Å². The fraction of sp³-hybridized carbons (Fsp3) is 0.696. The minimum absolute atomic E-state index is 0. The molecule has 0 unspecified atom stereocenters. The molecule has 1 aromatic carbocycles. The average molecular weight is 699 g/mol. The van der Waals surface area contributed by atoms with Gasteiger partial charge in [0.2, 0.25) is 0 Å². The molecule has 1 saturated carbocycles. The molecule has 0 atom stereocenters. The Morgan fingerprint density at radius 2 is 1.58 bits per heavy atom. The molecule has 4 nitrogen and oxygen atoms in total. The maximum absolute atomic E-state index is 11.6. The molecule has 31 heavy (non-hydrogen) atoms. The van der Waals surface area contributed by atoms with Gasteiger partial charge in [0, 0.05) is 54.0 Å². The van der Waals surface area contributed by atoms with Crippen molar-refractivity contribution >= 4 is 67.1 Å². The highest BCUT2D eigenvalue weighted by Crippen LogP contribution is 2.42. The smallest absolute Gasteiger partial charge is 0.157 e. The van der Waals surface area contributed by atoms with E-state index in [4.69, 9.17) is 13.1 Å². The third-order valence-corrected chi connectivity index (χ3v) is 6.30. The van der Waals surface area contributed by atoms with Crippen LogP contribution in [0.25, 0.3) is 0 Å². The zero-order chi connectivity index (χ0) is 22.8. The number of hydrogen-bond donors (Lipinski definition) is 0. The summed E-state index contributed by atoms with van der Waals surface area (Å²) >= 11 is 4.09. The average Bonchev–Trinajstić information content (AvgIpc) is 2.78. The van der Waals surface area contributed by atoms with E-state index < -0.39 is 0 Å². The number of benzene rings is 1. The number of aldehydes is 1. The lowest BCUT2D eigenvalue weighted by molar-refractivity contribution is 0.111. The van der Waals surface area contributed by atoms with Crippen molar-refractivity contribution in [3.63, 3.8) is 0 Å². The summed E-state index contributed by atoms with van der Waals surface area (Å²) < 4.78 is 17.1. The van der Waals surface area contributed by atoms with E-state index in [-0.39, 0.29) is 7.43 Å². The molecule has 0 N–H and O–H groups in total. The Morgan fingerprint density at radius 3 is 2.03 bits per heavy atom. The van der Waals surface area contributed by atoms with Gasteiger partial charge in [-0.25, -0.2) is 0 Å². The van der Waals surface area contributed by atoms with Crippen molar-refractivity contribution in [2.45, 2.75) is 93.4 Å². The Hall–Kier alpha value is 0.450. The summed E-state index contributed by atoms with van der Waals surface area (Å²) in [6.45, 7) is 11.0. The predicted molar refractivity (Wildman–Crippen MR) is 156 cm³/mol. The molecule has 0 aliphatic heterocycles. The summed E-state index contributed by atoms with van der Waals surface area (Å²) in [4.78, 5) is 11.6. The zero-order valence-electron chi connectivity index (χ0n) is 18.8. The molecule has 1 fully saturated rings. The number of ether oxygens (including phenoxy) is 1. The van der Waals surface area contributed by atoms with Gasteiger partial charge in [-0.15, -0.1) is 0 Å².